The number of nitrogens with zero attached hydrogens (tertiary/aromatic N) is 2. The molecule has 4 nitrogen and oxygen atoms in total. The molecular weight excluding hydrogens is 369 g/mol. The minimum atomic E-state index is -4.51. The Labute approximate surface area is 161 Å². The largest absolute Gasteiger partial charge is 0.417 e. The molecule has 4 rings (SSSR count). The van der Waals surface area contributed by atoms with Gasteiger partial charge in [-0.05, 0) is 24.5 Å². The monoisotopic (exact) mass is 390 g/mol. The lowest BCUT2D eigenvalue weighted by molar-refractivity contribution is -0.137. The standard InChI is InChI=1S/C21H21F3N2O2/c22-21(23,24)17-6-16(9-25-10-17)20(27)15-7-18-12-28-13-19(8-15)26(18)11-14-4-2-1-3-5-14/h1-6,9-10,15,18-19H,7-8,11-13H2. The zero-order valence-electron chi connectivity index (χ0n) is 15.2. The van der Waals surface area contributed by atoms with E-state index in [2.05, 4.69) is 22.0 Å². The van der Waals surface area contributed by atoms with Crippen LogP contribution in [0.3, 0.4) is 0 Å². The van der Waals surface area contributed by atoms with E-state index in [1.807, 2.05) is 18.2 Å². The Kier molecular flexibility index (Phi) is 5.21. The Morgan fingerprint density at radius 3 is 2.43 bits per heavy atom. The molecule has 7 heteroatoms. The Morgan fingerprint density at radius 1 is 1.11 bits per heavy atom. The average molecular weight is 390 g/mol. The molecule has 2 aliphatic rings. The summed E-state index contributed by atoms with van der Waals surface area (Å²) in [4.78, 5) is 18.9. The number of piperidine rings is 1. The summed E-state index contributed by atoms with van der Waals surface area (Å²) in [6.45, 7) is 1.85. The maximum atomic E-state index is 12.9. The van der Waals surface area contributed by atoms with E-state index in [-0.39, 0.29) is 29.3 Å². The SMILES string of the molecule is O=C(c1cncc(C(F)(F)F)c1)C1CC2COCC(C1)N2Cc1ccccc1. The molecule has 2 unspecified atom stereocenters. The molecule has 2 fully saturated rings. The fourth-order valence-electron chi connectivity index (χ4n) is 4.22. The first-order valence-corrected chi connectivity index (χ1v) is 9.35. The second-order valence-electron chi connectivity index (χ2n) is 7.50. The topological polar surface area (TPSA) is 42.4 Å². The van der Waals surface area contributed by atoms with E-state index in [0.717, 1.165) is 18.8 Å². The average Bonchev–Trinajstić information content (AvgIpc) is 2.67. The van der Waals surface area contributed by atoms with Crippen LogP contribution in [0.4, 0.5) is 13.2 Å². The summed E-state index contributed by atoms with van der Waals surface area (Å²) in [7, 11) is 0. The number of fused-ring (bicyclic) bond motifs is 2. The molecule has 2 atom stereocenters. The number of benzene rings is 1. The highest BCUT2D eigenvalue weighted by Crippen LogP contribution is 2.35. The lowest BCUT2D eigenvalue weighted by Gasteiger charge is -2.48. The van der Waals surface area contributed by atoms with Gasteiger partial charge in [-0.3, -0.25) is 14.7 Å². The van der Waals surface area contributed by atoms with Crippen LogP contribution >= 0.6 is 0 Å². The summed E-state index contributed by atoms with van der Waals surface area (Å²) >= 11 is 0. The summed E-state index contributed by atoms with van der Waals surface area (Å²) in [5.74, 6) is -0.564. The minimum Gasteiger partial charge on any atom is -0.378 e. The number of morpholine rings is 1. The zero-order valence-corrected chi connectivity index (χ0v) is 15.2. The number of rotatable bonds is 4. The fourth-order valence-corrected chi connectivity index (χ4v) is 4.22. The van der Waals surface area contributed by atoms with E-state index in [1.165, 1.54) is 11.8 Å². The van der Waals surface area contributed by atoms with Crippen molar-refractivity contribution >= 4 is 5.78 Å². The molecule has 1 aromatic carbocycles. The smallest absolute Gasteiger partial charge is 0.378 e. The molecule has 0 N–H and O–H groups in total. The molecule has 148 valence electrons. The number of hydrogen-bond donors (Lipinski definition) is 0. The van der Waals surface area contributed by atoms with Crippen LogP contribution < -0.4 is 0 Å². The van der Waals surface area contributed by atoms with E-state index in [0.29, 0.717) is 26.1 Å². The van der Waals surface area contributed by atoms with Gasteiger partial charge in [0.25, 0.3) is 0 Å². The summed E-state index contributed by atoms with van der Waals surface area (Å²) < 4.78 is 44.5. The number of pyridine rings is 1. The normalized spacial score (nSPS) is 25.5. The number of aromatic nitrogens is 1. The van der Waals surface area contributed by atoms with E-state index in [9.17, 15) is 18.0 Å². The maximum absolute atomic E-state index is 12.9. The molecule has 0 amide bonds. The maximum Gasteiger partial charge on any atom is 0.417 e. The van der Waals surface area contributed by atoms with Crippen molar-refractivity contribution < 1.29 is 22.7 Å². The first-order valence-electron chi connectivity index (χ1n) is 9.35. The van der Waals surface area contributed by atoms with E-state index >= 15 is 0 Å². The van der Waals surface area contributed by atoms with Crippen molar-refractivity contribution in [1.82, 2.24) is 9.88 Å². The number of ether oxygens (including phenoxy) is 1. The van der Waals surface area contributed by atoms with Crippen molar-refractivity contribution in [3.05, 3.63) is 65.5 Å². The molecule has 0 radical (unpaired) electrons. The highest BCUT2D eigenvalue weighted by atomic mass is 19.4. The quantitative estimate of drug-likeness (QED) is 0.741. The van der Waals surface area contributed by atoms with Gasteiger partial charge in [0.2, 0.25) is 0 Å². The van der Waals surface area contributed by atoms with Crippen molar-refractivity contribution in [2.45, 2.75) is 37.6 Å². The van der Waals surface area contributed by atoms with Crippen molar-refractivity contribution in [2.24, 2.45) is 5.92 Å². The Morgan fingerprint density at radius 2 is 1.79 bits per heavy atom. The minimum absolute atomic E-state index is 0.0373. The first kappa shape index (κ1) is 19.1. The summed E-state index contributed by atoms with van der Waals surface area (Å²) in [5, 5.41) is 0. The van der Waals surface area contributed by atoms with Gasteiger partial charge in [-0.2, -0.15) is 13.2 Å². The number of hydrogen-bond acceptors (Lipinski definition) is 4. The van der Waals surface area contributed by atoms with Gasteiger partial charge in [0.15, 0.2) is 5.78 Å². The highest BCUT2D eigenvalue weighted by molar-refractivity contribution is 5.97. The lowest BCUT2D eigenvalue weighted by Crippen LogP contribution is -2.57. The third-order valence-electron chi connectivity index (χ3n) is 5.60. The molecule has 28 heavy (non-hydrogen) atoms. The van der Waals surface area contributed by atoms with Gasteiger partial charge in [-0.15, -0.1) is 0 Å². The van der Waals surface area contributed by atoms with Gasteiger partial charge in [0.05, 0.1) is 18.8 Å². The van der Waals surface area contributed by atoms with Crippen molar-refractivity contribution in [3.8, 4) is 0 Å². The Balaban J connectivity index is 1.50. The van der Waals surface area contributed by atoms with Gasteiger partial charge in [0.1, 0.15) is 0 Å². The van der Waals surface area contributed by atoms with Crippen molar-refractivity contribution in [3.63, 3.8) is 0 Å². The number of carbonyl (C=O) groups excluding carboxylic acids is 1. The molecule has 0 saturated carbocycles. The zero-order chi connectivity index (χ0) is 19.7. The lowest BCUT2D eigenvalue weighted by atomic mass is 9.80. The molecule has 2 aromatic rings. The van der Waals surface area contributed by atoms with E-state index in [1.54, 1.807) is 0 Å². The molecule has 2 aliphatic heterocycles. The second-order valence-corrected chi connectivity index (χ2v) is 7.50. The third kappa shape index (κ3) is 3.95. The number of ketones is 1. The van der Waals surface area contributed by atoms with Crippen molar-refractivity contribution in [1.29, 1.82) is 0 Å². The predicted molar refractivity (Wildman–Crippen MR) is 96.7 cm³/mol. The summed E-state index contributed by atoms with van der Waals surface area (Å²) in [5.41, 5.74) is 0.352. The van der Waals surface area contributed by atoms with Crippen LogP contribution in [0.5, 0.6) is 0 Å². The van der Waals surface area contributed by atoms with Crippen LogP contribution in [0.15, 0.2) is 48.8 Å². The highest BCUT2D eigenvalue weighted by Gasteiger charge is 2.42. The summed E-state index contributed by atoms with van der Waals surface area (Å²) in [6.07, 6.45) is -1.36. The van der Waals surface area contributed by atoms with E-state index in [4.69, 9.17) is 4.74 Å². The molecular formula is C21H21F3N2O2. The van der Waals surface area contributed by atoms with Gasteiger partial charge in [0, 0.05) is 42.5 Å². The van der Waals surface area contributed by atoms with Gasteiger partial charge in [-0.1, -0.05) is 30.3 Å². The second kappa shape index (κ2) is 7.64. The van der Waals surface area contributed by atoms with Gasteiger partial charge < -0.3 is 4.74 Å². The molecule has 2 saturated heterocycles. The summed E-state index contributed by atoms with van der Waals surface area (Å²) in [6, 6.07) is 11.2. The Bertz CT molecular complexity index is 827. The predicted octanol–water partition coefficient (Wildman–Crippen LogP) is 3.96. The number of carbonyl (C=O) groups is 1. The van der Waals surface area contributed by atoms with Crippen LogP contribution in [0, 0.1) is 5.92 Å². The van der Waals surface area contributed by atoms with Gasteiger partial charge in [-0.25, -0.2) is 0 Å². The number of alkyl halides is 3. The number of halogens is 3. The van der Waals surface area contributed by atoms with Crippen molar-refractivity contribution in [2.75, 3.05) is 13.2 Å². The first-order chi connectivity index (χ1) is 13.4. The van der Waals surface area contributed by atoms with Crippen LogP contribution in [0.2, 0.25) is 0 Å². The van der Waals surface area contributed by atoms with Crippen LogP contribution in [0.1, 0.15) is 34.3 Å². The van der Waals surface area contributed by atoms with Crippen LogP contribution in [0.25, 0.3) is 0 Å². The van der Waals surface area contributed by atoms with Crippen LogP contribution in [-0.4, -0.2) is 41.0 Å². The molecule has 0 aliphatic carbocycles. The third-order valence-corrected chi connectivity index (χ3v) is 5.60. The molecule has 2 bridgehead atoms. The Hall–Kier alpha value is -2.25. The van der Waals surface area contributed by atoms with Crippen LogP contribution in [-0.2, 0) is 17.5 Å². The molecule has 0 spiro atoms. The molecule has 3 heterocycles. The van der Waals surface area contributed by atoms with Gasteiger partial charge >= 0.3 is 6.18 Å². The fraction of sp³-hybridized carbons (Fsp3) is 0.429. The molecule has 1 aromatic heterocycles. The number of Topliss-reactive ketones (excluding diaryl/α,β-unsaturated/α-hetero) is 1. The van der Waals surface area contributed by atoms with E-state index < -0.39 is 11.7 Å².